The minimum atomic E-state index is -1.29. The Balaban J connectivity index is 2.43. The molecule has 0 aliphatic heterocycles. The molecule has 0 heterocycles. The minimum Gasteiger partial charge on any atom is -0.493 e. The highest BCUT2D eigenvalue weighted by Crippen LogP contribution is 2.23. The van der Waals surface area contributed by atoms with E-state index < -0.39 is 18.1 Å². The van der Waals surface area contributed by atoms with E-state index >= 15 is 0 Å². The van der Waals surface area contributed by atoms with Gasteiger partial charge in [0.2, 0.25) is 5.91 Å². The number of carbonyl (C=O) groups excluding carboxylic acids is 1. The van der Waals surface area contributed by atoms with Crippen molar-refractivity contribution in [3.05, 3.63) is 23.8 Å². The molecule has 0 unspecified atom stereocenters. The van der Waals surface area contributed by atoms with Gasteiger partial charge in [-0.3, -0.25) is 4.79 Å². The lowest BCUT2D eigenvalue weighted by Crippen LogP contribution is -2.51. The van der Waals surface area contributed by atoms with Crippen LogP contribution in [0.5, 0.6) is 5.75 Å². The van der Waals surface area contributed by atoms with Gasteiger partial charge < -0.3 is 20.9 Å². The number of nitrogens with two attached hydrogens (primary N) is 1. The second-order valence-corrected chi connectivity index (χ2v) is 6.63. The van der Waals surface area contributed by atoms with E-state index in [1.807, 2.05) is 19.1 Å². The van der Waals surface area contributed by atoms with Crippen LogP contribution in [0.1, 0.15) is 57.9 Å². The van der Waals surface area contributed by atoms with Crippen LogP contribution in [0.4, 0.5) is 5.69 Å². The maximum Gasteiger partial charge on any atom is 0.246 e. The quantitative estimate of drug-likeness (QED) is 0.541. The van der Waals surface area contributed by atoms with Gasteiger partial charge in [0.1, 0.15) is 11.3 Å². The third-order valence-corrected chi connectivity index (χ3v) is 4.04. The number of hydrogen-bond donors (Lipinski definition) is 3. The topological polar surface area (TPSA) is 84.6 Å². The molecule has 1 rings (SSSR count). The Hall–Kier alpha value is -1.59. The predicted octanol–water partition coefficient (Wildman–Crippen LogP) is 3.38. The van der Waals surface area contributed by atoms with Crippen molar-refractivity contribution in [3.8, 4) is 5.75 Å². The molecule has 0 spiro atoms. The van der Waals surface area contributed by atoms with E-state index in [0.29, 0.717) is 12.3 Å². The van der Waals surface area contributed by atoms with Crippen molar-refractivity contribution in [2.75, 3.05) is 18.5 Å². The van der Waals surface area contributed by atoms with Gasteiger partial charge in [0, 0.05) is 5.69 Å². The summed E-state index contributed by atoms with van der Waals surface area (Å²) < 4.78 is 5.81. The zero-order valence-electron chi connectivity index (χ0n) is 15.2. The van der Waals surface area contributed by atoms with Gasteiger partial charge in [-0.05, 0) is 44.0 Å². The average Bonchev–Trinajstić information content (AvgIpc) is 2.55. The monoisotopic (exact) mass is 336 g/mol. The fourth-order valence-corrected chi connectivity index (χ4v) is 2.30. The summed E-state index contributed by atoms with van der Waals surface area (Å²) in [5.41, 5.74) is 6.03. The van der Waals surface area contributed by atoms with Crippen molar-refractivity contribution in [1.82, 2.24) is 0 Å². The van der Waals surface area contributed by atoms with E-state index in [1.54, 1.807) is 6.07 Å². The average molecular weight is 336 g/mol. The maximum absolute atomic E-state index is 12.0. The van der Waals surface area contributed by atoms with E-state index in [-0.39, 0.29) is 0 Å². The lowest BCUT2D eigenvalue weighted by Gasteiger charge is -2.21. The number of carbonyl (C=O) groups is 1. The molecule has 5 nitrogen and oxygen atoms in total. The molecule has 24 heavy (non-hydrogen) atoms. The van der Waals surface area contributed by atoms with Gasteiger partial charge in [0.05, 0.1) is 13.2 Å². The Morgan fingerprint density at radius 1 is 1.25 bits per heavy atom. The number of anilines is 1. The highest BCUT2D eigenvalue weighted by molar-refractivity contribution is 5.97. The second kappa shape index (κ2) is 10.3. The Kier molecular flexibility index (Phi) is 8.79. The summed E-state index contributed by atoms with van der Waals surface area (Å²) in [5.74, 6) is 0.421. The van der Waals surface area contributed by atoms with Crippen molar-refractivity contribution in [3.63, 3.8) is 0 Å². The van der Waals surface area contributed by atoms with Crippen LogP contribution in [0.2, 0.25) is 0 Å². The standard InChI is InChI=1S/C19H32N2O3/c1-4-5-6-7-8-9-12-24-17-11-10-16(13-15(17)2)21-18(23)19(3,20)14-22/h10-11,13,22H,4-9,12,14,20H2,1-3H3,(H,21,23)/t19-/m0/s1. The van der Waals surface area contributed by atoms with Crippen LogP contribution in [-0.2, 0) is 4.79 Å². The molecule has 1 aromatic rings. The van der Waals surface area contributed by atoms with Crippen LogP contribution in [0.25, 0.3) is 0 Å². The van der Waals surface area contributed by atoms with Crippen LogP contribution in [0, 0.1) is 6.92 Å². The number of benzene rings is 1. The van der Waals surface area contributed by atoms with Crippen LogP contribution < -0.4 is 15.8 Å². The van der Waals surface area contributed by atoms with Gasteiger partial charge in [-0.2, -0.15) is 0 Å². The number of amides is 1. The number of nitrogens with one attached hydrogen (secondary N) is 1. The summed E-state index contributed by atoms with van der Waals surface area (Å²) in [6.45, 7) is 5.96. The first-order valence-electron chi connectivity index (χ1n) is 8.85. The zero-order chi connectivity index (χ0) is 18.0. The number of aliphatic hydroxyl groups is 1. The van der Waals surface area contributed by atoms with Gasteiger partial charge in [-0.1, -0.05) is 39.0 Å². The predicted molar refractivity (Wildman–Crippen MR) is 98.4 cm³/mol. The Labute approximate surface area is 145 Å². The zero-order valence-corrected chi connectivity index (χ0v) is 15.2. The summed E-state index contributed by atoms with van der Waals surface area (Å²) in [4.78, 5) is 12.0. The number of aryl methyl sites for hydroxylation is 1. The molecule has 4 N–H and O–H groups in total. The summed E-state index contributed by atoms with van der Waals surface area (Å²) in [5, 5.41) is 11.8. The lowest BCUT2D eigenvalue weighted by atomic mass is 10.0. The highest BCUT2D eigenvalue weighted by Gasteiger charge is 2.27. The van der Waals surface area contributed by atoms with Crippen molar-refractivity contribution in [1.29, 1.82) is 0 Å². The lowest BCUT2D eigenvalue weighted by molar-refractivity contribution is -0.121. The van der Waals surface area contributed by atoms with Gasteiger partial charge in [-0.15, -0.1) is 0 Å². The van der Waals surface area contributed by atoms with Crippen molar-refractivity contribution < 1.29 is 14.6 Å². The number of hydrogen-bond acceptors (Lipinski definition) is 4. The number of ether oxygens (including phenoxy) is 1. The summed E-state index contributed by atoms with van der Waals surface area (Å²) in [6.07, 6.45) is 7.40. The summed E-state index contributed by atoms with van der Waals surface area (Å²) >= 11 is 0. The summed E-state index contributed by atoms with van der Waals surface area (Å²) in [7, 11) is 0. The van der Waals surface area contributed by atoms with Gasteiger partial charge in [0.25, 0.3) is 0 Å². The number of unbranched alkanes of at least 4 members (excludes halogenated alkanes) is 5. The van der Waals surface area contributed by atoms with Crippen molar-refractivity contribution in [2.24, 2.45) is 5.73 Å². The normalized spacial score (nSPS) is 13.4. The number of aliphatic hydroxyl groups excluding tert-OH is 1. The van der Waals surface area contributed by atoms with E-state index in [9.17, 15) is 4.79 Å². The van der Waals surface area contributed by atoms with E-state index in [0.717, 1.165) is 17.7 Å². The molecule has 0 aromatic heterocycles. The van der Waals surface area contributed by atoms with Crippen LogP contribution in [0.15, 0.2) is 18.2 Å². The molecule has 1 amide bonds. The Bertz CT molecular complexity index is 515. The van der Waals surface area contributed by atoms with Gasteiger partial charge in [-0.25, -0.2) is 0 Å². The molecular formula is C19H32N2O3. The van der Waals surface area contributed by atoms with E-state index in [2.05, 4.69) is 12.2 Å². The highest BCUT2D eigenvalue weighted by atomic mass is 16.5. The third kappa shape index (κ3) is 6.89. The first kappa shape index (κ1) is 20.5. The minimum absolute atomic E-state index is 0.405. The molecular weight excluding hydrogens is 304 g/mol. The van der Waals surface area contributed by atoms with Crippen LogP contribution in [-0.4, -0.2) is 29.8 Å². The first-order valence-corrected chi connectivity index (χ1v) is 8.85. The Morgan fingerprint density at radius 3 is 2.54 bits per heavy atom. The molecule has 1 aromatic carbocycles. The molecule has 0 aliphatic carbocycles. The van der Waals surface area contributed by atoms with E-state index in [1.165, 1.54) is 39.0 Å². The molecule has 0 saturated carbocycles. The molecule has 0 aliphatic rings. The van der Waals surface area contributed by atoms with E-state index in [4.69, 9.17) is 15.6 Å². The molecule has 0 saturated heterocycles. The maximum atomic E-state index is 12.0. The molecule has 136 valence electrons. The van der Waals surface area contributed by atoms with Gasteiger partial charge in [0.15, 0.2) is 0 Å². The van der Waals surface area contributed by atoms with Crippen LogP contribution >= 0.6 is 0 Å². The van der Waals surface area contributed by atoms with Crippen molar-refractivity contribution in [2.45, 2.75) is 64.8 Å². The fraction of sp³-hybridized carbons (Fsp3) is 0.632. The largest absolute Gasteiger partial charge is 0.493 e. The first-order chi connectivity index (χ1) is 11.4. The second-order valence-electron chi connectivity index (χ2n) is 6.63. The molecule has 0 radical (unpaired) electrons. The van der Waals surface area contributed by atoms with Crippen LogP contribution in [0.3, 0.4) is 0 Å². The molecule has 0 fully saturated rings. The third-order valence-electron chi connectivity index (χ3n) is 4.04. The van der Waals surface area contributed by atoms with Crippen molar-refractivity contribution >= 4 is 11.6 Å². The SMILES string of the molecule is CCCCCCCCOc1ccc(NC(=O)[C@@](C)(N)CO)cc1C. The summed E-state index contributed by atoms with van der Waals surface area (Å²) in [6, 6.07) is 5.49. The molecule has 5 heteroatoms. The molecule has 0 bridgehead atoms. The molecule has 1 atom stereocenters. The Morgan fingerprint density at radius 2 is 1.92 bits per heavy atom. The smallest absolute Gasteiger partial charge is 0.246 e. The number of rotatable bonds is 11. The van der Waals surface area contributed by atoms with Gasteiger partial charge >= 0.3 is 0 Å². The fourth-order valence-electron chi connectivity index (χ4n) is 2.30.